The van der Waals surface area contributed by atoms with Gasteiger partial charge in [0, 0.05) is 5.39 Å². The van der Waals surface area contributed by atoms with Crippen LogP contribution < -0.4 is 0 Å². The van der Waals surface area contributed by atoms with E-state index in [1.54, 1.807) is 19.1 Å². The van der Waals surface area contributed by atoms with Crippen molar-refractivity contribution in [2.24, 2.45) is 0 Å². The van der Waals surface area contributed by atoms with Gasteiger partial charge < -0.3 is 4.74 Å². The topological polar surface area (TPSA) is 55.0 Å². The van der Waals surface area contributed by atoms with E-state index in [9.17, 15) is 4.79 Å². The van der Waals surface area contributed by atoms with E-state index in [2.05, 4.69) is 26.1 Å². The Morgan fingerprint density at radius 1 is 1.60 bits per heavy atom. The second-order valence-corrected chi connectivity index (χ2v) is 3.71. The Bertz CT molecular complexity index is 507. The highest BCUT2D eigenvalue weighted by molar-refractivity contribution is 9.10. The molecule has 0 aliphatic heterocycles. The largest absolute Gasteiger partial charge is 0.462 e. The van der Waals surface area contributed by atoms with Gasteiger partial charge in [-0.25, -0.2) is 4.79 Å². The summed E-state index contributed by atoms with van der Waals surface area (Å²) in [6.45, 7) is 2.15. The smallest absolute Gasteiger partial charge is 0.338 e. The summed E-state index contributed by atoms with van der Waals surface area (Å²) in [6, 6.07) is 5.37. The Labute approximate surface area is 94.7 Å². The molecule has 15 heavy (non-hydrogen) atoms. The van der Waals surface area contributed by atoms with Crippen molar-refractivity contribution in [2.45, 2.75) is 6.92 Å². The first-order valence-corrected chi connectivity index (χ1v) is 5.33. The van der Waals surface area contributed by atoms with Gasteiger partial charge >= 0.3 is 5.97 Å². The molecule has 0 saturated carbocycles. The fraction of sp³-hybridized carbons (Fsp3) is 0.200. The third-order valence-electron chi connectivity index (χ3n) is 2.04. The molecule has 2 aromatic rings. The Hall–Kier alpha value is -1.36. The highest BCUT2D eigenvalue weighted by atomic mass is 79.9. The van der Waals surface area contributed by atoms with Gasteiger partial charge in [-0.05, 0) is 35.0 Å². The van der Waals surface area contributed by atoms with Gasteiger partial charge in [-0.3, -0.25) is 5.10 Å². The molecular weight excluding hydrogens is 260 g/mol. The number of nitrogens with zero attached hydrogens (tertiary/aromatic N) is 1. The van der Waals surface area contributed by atoms with Gasteiger partial charge in [0.1, 0.15) is 4.60 Å². The lowest BCUT2D eigenvalue weighted by Crippen LogP contribution is -2.04. The molecule has 1 heterocycles. The first-order chi connectivity index (χ1) is 7.24. The maximum atomic E-state index is 11.6. The average Bonchev–Trinajstić information content (AvgIpc) is 2.61. The minimum Gasteiger partial charge on any atom is -0.462 e. The summed E-state index contributed by atoms with van der Waals surface area (Å²) in [5.41, 5.74) is 1.34. The zero-order chi connectivity index (χ0) is 10.8. The Morgan fingerprint density at radius 2 is 2.40 bits per heavy atom. The standard InChI is InChI=1S/C10H9BrN2O2/c1-2-15-10(14)6-4-3-5-7-8(6)9(11)13-12-7/h3-5H,2H2,1H3,(H,12,13). The third kappa shape index (κ3) is 1.74. The number of H-pyrrole nitrogens is 1. The van der Waals surface area contributed by atoms with Crippen molar-refractivity contribution in [3.8, 4) is 0 Å². The maximum absolute atomic E-state index is 11.6. The van der Waals surface area contributed by atoms with Gasteiger partial charge in [0.15, 0.2) is 0 Å². The zero-order valence-electron chi connectivity index (χ0n) is 8.08. The van der Waals surface area contributed by atoms with E-state index >= 15 is 0 Å². The van der Waals surface area contributed by atoms with Gasteiger partial charge in [-0.2, -0.15) is 5.10 Å². The van der Waals surface area contributed by atoms with Crippen LogP contribution in [0.4, 0.5) is 0 Å². The summed E-state index contributed by atoms with van der Waals surface area (Å²) in [5, 5.41) is 7.56. The summed E-state index contributed by atoms with van der Waals surface area (Å²) >= 11 is 3.29. The monoisotopic (exact) mass is 268 g/mol. The predicted molar refractivity (Wildman–Crippen MR) is 59.8 cm³/mol. The van der Waals surface area contributed by atoms with Gasteiger partial charge in [0.05, 0.1) is 17.7 Å². The number of carbonyl (C=O) groups is 1. The second-order valence-electron chi connectivity index (χ2n) is 2.96. The minimum atomic E-state index is -0.329. The summed E-state index contributed by atoms with van der Waals surface area (Å²) < 4.78 is 5.59. The fourth-order valence-corrected chi connectivity index (χ4v) is 1.93. The van der Waals surface area contributed by atoms with Crippen molar-refractivity contribution in [1.82, 2.24) is 10.2 Å². The van der Waals surface area contributed by atoms with E-state index in [0.29, 0.717) is 16.8 Å². The van der Waals surface area contributed by atoms with Crippen LogP contribution in [0.3, 0.4) is 0 Å². The fourth-order valence-electron chi connectivity index (χ4n) is 1.41. The first kappa shape index (κ1) is 10.2. The number of fused-ring (bicyclic) bond motifs is 1. The van der Waals surface area contributed by atoms with E-state index in [0.717, 1.165) is 10.9 Å². The lowest BCUT2D eigenvalue weighted by molar-refractivity contribution is 0.0528. The van der Waals surface area contributed by atoms with Crippen LogP contribution in [0.25, 0.3) is 10.9 Å². The number of aromatic nitrogens is 2. The number of esters is 1. The zero-order valence-corrected chi connectivity index (χ0v) is 9.67. The minimum absolute atomic E-state index is 0.329. The Morgan fingerprint density at radius 3 is 3.13 bits per heavy atom. The lowest BCUT2D eigenvalue weighted by Gasteiger charge is -2.02. The molecule has 1 N–H and O–H groups in total. The number of nitrogens with one attached hydrogen (secondary N) is 1. The number of aromatic amines is 1. The van der Waals surface area contributed by atoms with E-state index < -0.39 is 0 Å². The molecule has 0 fully saturated rings. The molecule has 0 aliphatic rings. The van der Waals surface area contributed by atoms with Crippen molar-refractivity contribution in [3.05, 3.63) is 28.4 Å². The van der Waals surface area contributed by atoms with Crippen molar-refractivity contribution in [2.75, 3.05) is 6.61 Å². The van der Waals surface area contributed by atoms with Crippen LogP contribution in [0.2, 0.25) is 0 Å². The predicted octanol–water partition coefficient (Wildman–Crippen LogP) is 2.50. The van der Waals surface area contributed by atoms with Crippen molar-refractivity contribution in [3.63, 3.8) is 0 Å². The quantitative estimate of drug-likeness (QED) is 0.852. The van der Waals surface area contributed by atoms with Crippen LogP contribution in [-0.2, 0) is 4.74 Å². The van der Waals surface area contributed by atoms with Crippen molar-refractivity contribution < 1.29 is 9.53 Å². The highest BCUT2D eigenvalue weighted by Gasteiger charge is 2.14. The Kier molecular flexibility index (Phi) is 2.73. The molecule has 0 unspecified atom stereocenters. The van der Waals surface area contributed by atoms with E-state index in [1.807, 2.05) is 6.07 Å². The van der Waals surface area contributed by atoms with Gasteiger partial charge in [0.25, 0.3) is 0 Å². The van der Waals surface area contributed by atoms with Gasteiger partial charge in [-0.1, -0.05) is 6.07 Å². The number of carbonyl (C=O) groups excluding carboxylic acids is 1. The van der Waals surface area contributed by atoms with Crippen LogP contribution >= 0.6 is 15.9 Å². The number of halogens is 1. The first-order valence-electron chi connectivity index (χ1n) is 4.53. The molecule has 2 rings (SSSR count). The second kappa shape index (κ2) is 4.02. The molecule has 0 amide bonds. The molecule has 4 nitrogen and oxygen atoms in total. The van der Waals surface area contributed by atoms with Crippen LogP contribution in [0.5, 0.6) is 0 Å². The lowest BCUT2D eigenvalue weighted by atomic mass is 10.1. The van der Waals surface area contributed by atoms with E-state index in [-0.39, 0.29) is 5.97 Å². The SMILES string of the molecule is CCOC(=O)c1cccc2[nH]nc(Br)c12. The molecule has 0 aliphatic carbocycles. The van der Waals surface area contributed by atoms with E-state index in [1.165, 1.54) is 0 Å². The normalized spacial score (nSPS) is 10.5. The van der Waals surface area contributed by atoms with Crippen LogP contribution in [0, 0.1) is 0 Å². The number of hydrogen-bond donors (Lipinski definition) is 1. The maximum Gasteiger partial charge on any atom is 0.338 e. The average molecular weight is 269 g/mol. The number of benzene rings is 1. The molecule has 5 heteroatoms. The van der Waals surface area contributed by atoms with Crippen LogP contribution in [0.1, 0.15) is 17.3 Å². The molecule has 78 valence electrons. The van der Waals surface area contributed by atoms with Crippen LogP contribution in [0.15, 0.2) is 22.8 Å². The van der Waals surface area contributed by atoms with E-state index in [4.69, 9.17) is 4.74 Å². The molecular formula is C10H9BrN2O2. The van der Waals surface area contributed by atoms with Crippen LogP contribution in [-0.4, -0.2) is 22.8 Å². The molecule has 0 spiro atoms. The summed E-state index contributed by atoms with van der Waals surface area (Å²) in [5.74, 6) is -0.329. The number of hydrogen-bond acceptors (Lipinski definition) is 3. The van der Waals surface area contributed by atoms with Gasteiger partial charge in [-0.15, -0.1) is 0 Å². The molecule has 0 atom stereocenters. The molecule has 0 radical (unpaired) electrons. The molecule has 1 aromatic heterocycles. The highest BCUT2D eigenvalue weighted by Crippen LogP contribution is 2.25. The molecule has 0 saturated heterocycles. The Balaban J connectivity index is 2.59. The summed E-state index contributed by atoms with van der Waals surface area (Å²) in [4.78, 5) is 11.6. The van der Waals surface area contributed by atoms with Crippen molar-refractivity contribution >= 4 is 32.8 Å². The summed E-state index contributed by atoms with van der Waals surface area (Å²) in [7, 11) is 0. The van der Waals surface area contributed by atoms with Crippen molar-refractivity contribution in [1.29, 1.82) is 0 Å². The number of rotatable bonds is 2. The third-order valence-corrected chi connectivity index (χ3v) is 2.61. The summed E-state index contributed by atoms with van der Waals surface area (Å²) in [6.07, 6.45) is 0. The molecule has 0 bridgehead atoms. The van der Waals surface area contributed by atoms with Gasteiger partial charge in [0.2, 0.25) is 0 Å². The number of ether oxygens (including phenoxy) is 1. The molecule has 1 aromatic carbocycles.